The molecule has 0 aliphatic heterocycles. The Morgan fingerprint density at radius 1 is 1.06 bits per heavy atom. The molecule has 0 aromatic carbocycles. The molecular weight excluding hydrogens is 220 g/mol. The molecule has 0 amide bonds. The van der Waals surface area contributed by atoms with E-state index in [4.69, 9.17) is 5.73 Å². The van der Waals surface area contributed by atoms with Crippen LogP contribution >= 0.6 is 0 Å². The van der Waals surface area contributed by atoms with E-state index in [1.54, 1.807) is 6.42 Å². The molecule has 18 heavy (non-hydrogen) atoms. The fourth-order valence-corrected chi connectivity index (χ4v) is 4.90. The first kappa shape index (κ1) is 12.9. The molecule has 3 aliphatic carbocycles. The summed E-state index contributed by atoms with van der Waals surface area (Å²) in [6.07, 6.45) is 11.5. The van der Waals surface area contributed by atoms with Crippen molar-refractivity contribution in [3.63, 3.8) is 0 Å². The van der Waals surface area contributed by atoms with Gasteiger partial charge in [-0.2, -0.15) is 0 Å². The third kappa shape index (κ3) is 2.75. The summed E-state index contributed by atoms with van der Waals surface area (Å²) in [7, 11) is 2.33. The van der Waals surface area contributed by atoms with Crippen LogP contribution in [0.2, 0.25) is 0 Å². The van der Waals surface area contributed by atoms with E-state index in [-0.39, 0.29) is 0 Å². The molecule has 3 fully saturated rings. The molecule has 0 aromatic rings. The van der Waals surface area contributed by atoms with E-state index in [0.717, 1.165) is 23.7 Å². The fraction of sp³-hybridized carbons (Fsp3) is 1.00. The Morgan fingerprint density at radius 3 is 2.56 bits per heavy atom. The fourth-order valence-electron chi connectivity index (χ4n) is 4.90. The summed E-state index contributed by atoms with van der Waals surface area (Å²) < 4.78 is 0. The predicted molar refractivity (Wildman–Crippen MR) is 76.4 cm³/mol. The van der Waals surface area contributed by atoms with Gasteiger partial charge >= 0.3 is 0 Å². The second-order valence-electron chi connectivity index (χ2n) is 7.34. The summed E-state index contributed by atoms with van der Waals surface area (Å²) in [5, 5.41) is 0. The first-order chi connectivity index (χ1) is 8.72. The SMILES string of the molecule is CN(CCC1CCCC1N)CC1CC2CCC1C2. The second-order valence-corrected chi connectivity index (χ2v) is 7.34. The maximum Gasteiger partial charge on any atom is 0.00676 e. The molecule has 104 valence electrons. The maximum atomic E-state index is 6.16. The zero-order valence-corrected chi connectivity index (χ0v) is 12.0. The molecule has 0 aromatic heterocycles. The van der Waals surface area contributed by atoms with E-state index in [0.29, 0.717) is 6.04 Å². The predicted octanol–water partition coefficient (Wildman–Crippen LogP) is 2.87. The van der Waals surface area contributed by atoms with Crippen LogP contribution in [0.5, 0.6) is 0 Å². The highest BCUT2D eigenvalue weighted by Crippen LogP contribution is 2.48. The number of fused-ring (bicyclic) bond motifs is 2. The van der Waals surface area contributed by atoms with Gasteiger partial charge in [0.2, 0.25) is 0 Å². The lowest BCUT2D eigenvalue weighted by Crippen LogP contribution is -2.32. The second kappa shape index (κ2) is 5.50. The highest BCUT2D eigenvalue weighted by atomic mass is 15.1. The largest absolute Gasteiger partial charge is 0.327 e. The molecule has 2 N–H and O–H groups in total. The number of nitrogens with two attached hydrogens (primary N) is 1. The molecule has 0 radical (unpaired) electrons. The third-order valence-electron chi connectivity index (χ3n) is 6.03. The minimum atomic E-state index is 0.501. The van der Waals surface area contributed by atoms with Gasteiger partial charge < -0.3 is 10.6 Å². The summed E-state index contributed by atoms with van der Waals surface area (Å²) in [6, 6.07) is 0.501. The van der Waals surface area contributed by atoms with Crippen molar-refractivity contribution in [3.8, 4) is 0 Å². The van der Waals surface area contributed by atoms with Crippen molar-refractivity contribution < 1.29 is 0 Å². The Kier molecular flexibility index (Phi) is 3.95. The average Bonchev–Trinajstić information content (AvgIpc) is 3.03. The van der Waals surface area contributed by atoms with Crippen LogP contribution in [0.15, 0.2) is 0 Å². The van der Waals surface area contributed by atoms with E-state index in [9.17, 15) is 0 Å². The van der Waals surface area contributed by atoms with Crippen molar-refractivity contribution in [2.24, 2.45) is 29.4 Å². The minimum Gasteiger partial charge on any atom is -0.327 e. The Hall–Kier alpha value is -0.0800. The van der Waals surface area contributed by atoms with E-state index in [1.807, 2.05) is 0 Å². The van der Waals surface area contributed by atoms with Crippen molar-refractivity contribution in [3.05, 3.63) is 0 Å². The zero-order valence-electron chi connectivity index (χ0n) is 12.0. The van der Waals surface area contributed by atoms with Gasteiger partial charge in [0, 0.05) is 12.6 Å². The first-order valence-electron chi connectivity index (χ1n) is 8.16. The highest BCUT2D eigenvalue weighted by Gasteiger charge is 2.39. The molecule has 3 rings (SSSR count). The van der Waals surface area contributed by atoms with Crippen LogP contribution in [0, 0.1) is 23.7 Å². The smallest absolute Gasteiger partial charge is 0.00676 e. The summed E-state index contributed by atoms with van der Waals surface area (Å²) in [5.74, 6) is 4.00. The lowest BCUT2D eigenvalue weighted by Gasteiger charge is -2.28. The molecule has 0 saturated heterocycles. The van der Waals surface area contributed by atoms with E-state index in [2.05, 4.69) is 11.9 Å². The highest BCUT2D eigenvalue weighted by molar-refractivity contribution is 4.91. The van der Waals surface area contributed by atoms with Gasteiger partial charge in [-0.05, 0) is 75.8 Å². The van der Waals surface area contributed by atoms with Gasteiger partial charge in [-0.1, -0.05) is 12.8 Å². The van der Waals surface area contributed by atoms with Crippen LogP contribution in [-0.2, 0) is 0 Å². The van der Waals surface area contributed by atoms with Crippen LogP contribution in [0.4, 0.5) is 0 Å². The molecule has 2 bridgehead atoms. The Morgan fingerprint density at radius 2 is 1.94 bits per heavy atom. The van der Waals surface area contributed by atoms with Crippen LogP contribution in [0.3, 0.4) is 0 Å². The third-order valence-corrected chi connectivity index (χ3v) is 6.03. The van der Waals surface area contributed by atoms with Crippen molar-refractivity contribution in [2.45, 2.75) is 57.4 Å². The standard InChI is InChI=1S/C16H30N2/c1-18(8-7-13-3-2-4-16(13)17)11-15-10-12-5-6-14(15)9-12/h12-16H,2-11,17H2,1H3. The molecule has 3 saturated carbocycles. The van der Waals surface area contributed by atoms with Crippen molar-refractivity contribution in [1.29, 1.82) is 0 Å². The monoisotopic (exact) mass is 250 g/mol. The van der Waals surface area contributed by atoms with Crippen molar-refractivity contribution in [1.82, 2.24) is 4.90 Å². The lowest BCUT2D eigenvalue weighted by molar-refractivity contribution is 0.208. The van der Waals surface area contributed by atoms with Crippen LogP contribution < -0.4 is 5.73 Å². The van der Waals surface area contributed by atoms with Crippen LogP contribution in [0.25, 0.3) is 0 Å². The Bertz CT molecular complexity index is 278. The zero-order chi connectivity index (χ0) is 12.5. The number of nitrogens with zero attached hydrogens (tertiary/aromatic N) is 1. The Balaban J connectivity index is 1.38. The summed E-state index contributed by atoms with van der Waals surface area (Å²) in [4.78, 5) is 2.59. The van der Waals surface area contributed by atoms with E-state index >= 15 is 0 Å². The van der Waals surface area contributed by atoms with Crippen molar-refractivity contribution >= 4 is 0 Å². The summed E-state index contributed by atoms with van der Waals surface area (Å²) in [5.41, 5.74) is 6.16. The van der Waals surface area contributed by atoms with Crippen molar-refractivity contribution in [2.75, 3.05) is 20.1 Å². The van der Waals surface area contributed by atoms with E-state index < -0.39 is 0 Å². The number of hydrogen-bond acceptors (Lipinski definition) is 2. The molecule has 2 heteroatoms. The maximum absolute atomic E-state index is 6.16. The molecule has 5 unspecified atom stereocenters. The van der Waals surface area contributed by atoms with Crippen LogP contribution in [-0.4, -0.2) is 31.1 Å². The molecule has 3 aliphatic rings. The minimum absolute atomic E-state index is 0.501. The summed E-state index contributed by atoms with van der Waals surface area (Å²) in [6.45, 7) is 2.62. The van der Waals surface area contributed by atoms with Gasteiger partial charge in [-0.15, -0.1) is 0 Å². The van der Waals surface area contributed by atoms with Gasteiger partial charge in [0.25, 0.3) is 0 Å². The lowest BCUT2D eigenvalue weighted by atomic mass is 9.88. The van der Waals surface area contributed by atoms with Gasteiger partial charge in [-0.3, -0.25) is 0 Å². The molecule has 0 heterocycles. The first-order valence-corrected chi connectivity index (χ1v) is 8.16. The van der Waals surface area contributed by atoms with Gasteiger partial charge in [0.05, 0.1) is 0 Å². The van der Waals surface area contributed by atoms with Gasteiger partial charge in [0.15, 0.2) is 0 Å². The summed E-state index contributed by atoms with van der Waals surface area (Å²) >= 11 is 0. The Labute approximate surface area is 112 Å². The van der Waals surface area contributed by atoms with E-state index in [1.165, 1.54) is 58.0 Å². The quantitative estimate of drug-likeness (QED) is 0.813. The molecule has 2 nitrogen and oxygen atoms in total. The molecular formula is C16H30N2. The topological polar surface area (TPSA) is 29.3 Å². The molecule has 5 atom stereocenters. The number of hydrogen-bond donors (Lipinski definition) is 1. The van der Waals surface area contributed by atoms with Gasteiger partial charge in [0.1, 0.15) is 0 Å². The average molecular weight is 250 g/mol. The number of rotatable bonds is 5. The molecule has 0 spiro atoms. The normalized spacial score (nSPS) is 43.2. The van der Waals surface area contributed by atoms with Crippen LogP contribution in [0.1, 0.15) is 51.4 Å². The van der Waals surface area contributed by atoms with Gasteiger partial charge in [-0.25, -0.2) is 0 Å².